The largest absolute Gasteiger partial charge is 0.506 e. The average molecular weight is 534 g/mol. The first kappa shape index (κ1) is 26.2. The number of ketones is 1. The number of rotatable bonds is 7. The van der Waals surface area contributed by atoms with Crippen molar-refractivity contribution >= 4 is 49.6 Å². The third-order valence-electron chi connectivity index (χ3n) is 6.60. The number of hydrogen-bond donors (Lipinski definition) is 5. The number of aliphatic hydroxyl groups excluding tert-OH is 1. The summed E-state index contributed by atoms with van der Waals surface area (Å²) in [5, 5.41) is 14.1. The number of carbonyl (C=O) groups is 1. The number of anilines is 2. The van der Waals surface area contributed by atoms with Crippen molar-refractivity contribution in [3.8, 4) is 0 Å². The maximum absolute atomic E-state index is 13.9. The second kappa shape index (κ2) is 9.22. The fraction of sp³-hybridized carbons (Fsp3) is 0.360. The molecule has 0 aromatic heterocycles. The molecule has 2 aromatic rings. The molecule has 0 radical (unpaired) electrons. The predicted octanol–water partition coefficient (Wildman–Crippen LogP) is 5.54. The van der Waals surface area contributed by atoms with Crippen molar-refractivity contribution in [3.05, 3.63) is 59.2 Å². The minimum Gasteiger partial charge on any atom is -0.506 e. The number of amidine groups is 1. The molecule has 0 spiro atoms. The van der Waals surface area contributed by atoms with Crippen LogP contribution in [0.3, 0.4) is 0 Å². The Labute approximate surface area is 212 Å². The van der Waals surface area contributed by atoms with E-state index in [2.05, 4.69) is 28.3 Å². The molecule has 11 heteroatoms. The summed E-state index contributed by atoms with van der Waals surface area (Å²) in [6.45, 7) is 7.47. The minimum atomic E-state index is -3.82. The first-order valence-corrected chi connectivity index (χ1v) is 14.8. The Morgan fingerprint density at radius 2 is 1.86 bits per heavy atom. The summed E-state index contributed by atoms with van der Waals surface area (Å²) in [6.07, 6.45) is 1.32. The van der Waals surface area contributed by atoms with Gasteiger partial charge in [0.1, 0.15) is 16.2 Å². The van der Waals surface area contributed by atoms with Gasteiger partial charge in [-0.15, -0.1) is 4.40 Å². The molecule has 0 fully saturated rings. The van der Waals surface area contributed by atoms with Gasteiger partial charge in [-0.3, -0.25) is 18.6 Å². The highest BCUT2D eigenvalue weighted by molar-refractivity contribution is 8.23. The Morgan fingerprint density at radius 1 is 1.17 bits per heavy atom. The topological polar surface area (TPSA) is 148 Å². The van der Waals surface area contributed by atoms with E-state index in [0.717, 1.165) is 6.42 Å². The van der Waals surface area contributed by atoms with Crippen molar-refractivity contribution in [3.63, 3.8) is 0 Å². The van der Waals surface area contributed by atoms with Crippen molar-refractivity contribution in [1.82, 2.24) is 0 Å². The van der Waals surface area contributed by atoms with E-state index >= 15 is 0 Å². The van der Waals surface area contributed by atoms with Crippen molar-refractivity contribution in [1.29, 1.82) is 0 Å². The fourth-order valence-corrected chi connectivity index (χ4v) is 6.28. The molecule has 194 valence electrons. The number of benzene rings is 2. The van der Waals surface area contributed by atoms with Gasteiger partial charge in [0.2, 0.25) is 10.0 Å². The average Bonchev–Trinajstić information content (AvgIpc) is 2.81. The first-order valence-electron chi connectivity index (χ1n) is 11.7. The first-order chi connectivity index (χ1) is 16.8. The number of carbonyl (C=O) groups excluding carboxylic acids is 1. The van der Waals surface area contributed by atoms with E-state index in [0.29, 0.717) is 23.5 Å². The molecule has 5 N–H and O–H groups in total. The van der Waals surface area contributed by atoms with E-state index < -0.39 is 26.2 Å². The van der Waals surface area contributed by atoms with Crippen molar-refractivity contribution in [2.24, 2.45) is 10.3 Å². The molecule has 9 nitrogen and oxygen atoms in total. The van der Waals surface area contributed by atoms with Gasteiger partial charge in [0.25, 0.3) is 0 Å². The Morgan fingerprint density at radius 3 is 2.53 bits per heavy atom. The van der Waals surface area contributed by atoms with E-state index in [9.17, 15) is 27.4 Å². The van der Waals surface area contributed by atoms with Gasteiger partial charge in [0.15, 0.2) is 11.6 Å². The molecule has 0 amide bonds. The highest BCUT2D eigenvalue weighted by Crippen LogP contribution is 2.57. The van der Waals surface area contributed by atoms with Gasteiger partial charge in [-0.2, -0.15) is 0 Å². The van der Waals surface area contributed by atoms with E-state index in [1.54, 1.807) is 12.1 Å². The summed E-state index contributed by atoms with van der Waals surface area (Å²) in [4.78, 5) is 13.9. The SMILES string of the molecule is CCS(=O)(=O)Nc1ccc2c(c1)S(O)(O)N=C(C1=C(O)c3ccccc3[C@@](C)(CCC(C)C)C1=O)N2. The zero-order valence-corrected chi connectivity index (χ0v) is 22.2. The van der Waals surface area contributed by atoms with Crippen LogP contribution in [0.25, 0.3) is 5.76 Å². The lowest BCUT2D eigenvalue weighted by atomic mass is 9.66. The van der Waals surface area contributed by atoms with Crippen molar-refractivity contribution in [2.75, 3.05) is 15.8 Å². The number of nitrogens with one attached hydrogen (secondary N) is 2. The molecule has 0 unspecified atom stereocenters. The summed E-state index contributed by atoms with van der Waals surface area (Å²) < 4.78 is 52.1. The molecular formula is C25H31N3O6S2. The maximum atomic E-state index is 13.9. The van der Waals surface area contributed by atoms with Crippen molar-refractivity contribution < 1.29 is 27.4 Å². The van der Waals surface area contributed by atoms with E-state index in [1.165, 1.54) is 25.1 Å². The smallest absolute Gasteiger partial charge is 0.232 e. The molecule has 2 aliphatic rings. The molecule has 1 aliphatic carbocycles. The lowest BCUT2D eigenvalue weighted by Gasteiger charge is -2.39. The summed E-state index contributed by atoms with van der Waals surface area (Å²) in [5.41, 5.74) is 0.555. The molecule has 0 bridgehead atoms. The summed E-state index contributed by atoms with van der Waals surface area (Å²) in [6, 6.07) is 11.4. The van der Waals surface area contributed by atoms with Gasteiger partial charge in [0.05, 0.1) is 22.5 Å². The molecule has 0 saturated heterocycles. The highest BCUT2D eigenvalue weighted by Gasteiger charge is 2.46. The third kappa shape index (κ3) is 4.63. The van der Waals surface area contributed by atoms with Gasteiger partial charge in [-0.1, -0.05) is 48.9 Å². The molecule has 1 heterocycles. The maximum Gasteiger partial charge on any atom is 0.232 e. The van der Waals surface area contributed by atoms with E-state index in [1.807, 2.05) is 19.1 Å². The molecule has 0 saturated carbocycles. The van der Waals surface area contributed by atoms with Gasteiger partial charge in [0, 0.05) is 5.56 Å². The van der Waals surface area contributed by atoms with Crippen LogP contribution >= 0.6 is 10.8 Å². The standard InChI is InChI=1S/C25H31N3O6S2/c1-5-35(31,32)27-16-10-11-19-20(14-16)36(33,34)28-24(26-19)21-22(29)17-8-6-7-9-18(17)25(4,23(21)30)13-12-15(2)3/h6-11,14-15,27,29,33-34H,5,12-13H2,1-4H3,(H,26,28)/t25-/m1/s1. The van der Waals surface area contributed by atoms with Crippen LogP contribution in [0.2, 0.25) is 0 Å². The minimum absolute atomic E-state index is 0.0196. The number of fused-ring (bicyclic) bond motifs is 2. The normalized spacial score (nSPS) is 21.9. The number of Topliss-reactive ketones (excluding diaryl/α,β-unsaturated/α-hetero) is 1. The molecule has 1 aliphatic heterocycles. The number of aliphatic hydroxyl groups is 1. The Bertz CT molecular complexity index is 1400. The van der Waals surface area contributed by atoms with Crippen molar-refractivity contribution in [2.45, 2.75) is 50.8 Å². The number of hydrogen-bond acceptors (Lipinski definition) is 8. The predicted molar refractivity (Wildman–Crippen MR) is 144 cm³/mol. The molecule has 1 atom stereocenters. The van der Waals surface area contributed by atoms with Gasteiger partial charge < -0.3 is 10.4 Å². The van der Waals surface area contributed by atoms with Crippen LogP contribution in [-0.4, -0.2) is 40.0 Å². The lowest BCUT2D eigenvalue weighted by Crippen LogP contribution is -2.42. The van der Waals surface area contributed by atoms with Gasteiger partial charge in [-0.05, 0) is 56.4 Å². The Hall–Kier alpha value is -2.86. The quantitative estimate of drug-likeness (QED) is 0.314. The Kier molecular flexibility index (Phi) is 6.71. The zero-order valence-electron chi connectivity index (χ0n) is 20.6. The van der Waals surface area contributed by atoms with Crippen LogP contribution in [0.1, 0.15) is 51.7 Å². The van der Waals surface area contributed by atoms with Crippen LogP contribution in [0.5, 0.6) is 0 Å². The number of nitrogens with zero attached hydrogens (tertiary/aromatic N) is 1. The lowest BCUT2D eigenvalue weighted by molar-refractivity contribution is -0.120. The zero-order chi connectivity index (χ0) is 26.5. The van der Waals surface area contributed by atoms with Gasteiger partial charge >= 0.3 is 0 Å². The Balaban J connectivity index is 1.80. The van der Waals surface area contributed by atoms with Crippen LogP contribution in [0.4, 0.5) is 11.4 Å². The molecule has 4 rings (SSSR count). The summed E-state index contributed by atoms with van der Waals surface area (Å²) >= 11 is 0. The second-order valence-electron chi connectivity index (χ2n) is 9.66. The van der Waals surface area contributed by atoms with Gasteiger partial charge in [-0.25, -0.2) is 8.42 Å². The third-order valence-corrected chi connectivity index (χ3v) is 9.27. The second-order valence-corrected chi connectivity index (χ2v) is 13.3. The van der Waals surface area contributed by atoms with E-state index in [-0.39, 0.29) is 45.0 Å². The summed E-state index contributed by atoms with van der Waals surface area (Å²) in [5.74, 6) is -0.579. The molecular weight excluding hydrogens is 502 g/mol. The van der Waals surface area contributed by atoms with E-state index in [4.69, 9.17) is 0 Å². The summed E-state index contributed by atoms with van der Waals surface area (Å²) in [7, 11) is -7.40. The van der Waals surface area contributed by atoms with Crippen LogP contribution < -0.4 is 10.0 Å². The van der Waals surface area contributed by atoms with Crippen LogP contribution in [0, 0.1) is 5.92 Å². The fourth-order valence-electron chi connectivity index (χ4n) is 4.46. The van der Waals surface area contributed by atoms with Crippen LogP contribution in [0.15, 0.2) is 57.3 Å². The molecule has 36 heavy (non-hydrogen) atoms. The monoisotopic (exact) mass is 533 g/mol. The number of sulfonamides is 1. The highest BCUT2D eigenvalue weighted by atomic mass is 32.3. The molecule has 2 aromatic carbocycles. The van der Waals surface area contributed by atoms with Crippen LogP contribution in [-0.2, 0) is 20.2 Å².